The molecule has 144 valence electrons. The van der Waals surface area contributed by atoms with Gasteiger partial charge in [0.1, 0.15) is 29.5 Å². The van der Waals surface area contributed by atoms with E-state index in [2.05, 4.69) is 0 Å². The van der Waals surface area contributed by atoms with E-state index >= 15 is 0 Å². The van der Waals surface area contributed by atoms with E-state index in [1.54, 1.807) is 6.07 Å². The number of aliphatic hydroxyl groups is 2. The second kappa shape index (κ2) is 7.21. The summed E-state index contributed by atoms with van der Waals surface area (Å²) in [5.41, 5.74) is -0.536. The van der Waals surface area contributed by atoms with E-state index in [0.717, 1.165) is 24.5 Å². The molecule has 0 unspecified atom stereocenters. The molecule has 3 rings (SSSR count). The Morgan fingerprint density at radius 2 is 1.78 bits per heavy atom. The molecule has 1 aliphatic rings. The molecule has 0 saturated carbocycles. The Hall–Kier alpha value is -2.58. The minimum Gasteiger partial charge on any atom is -0.457 e. The summed E-state index contributed by atoms with van der Waals surface area (Å²) < 4.78 is 56.9. The van der Waals surface area contributed by atoms with Crippen molar-refractivity contribution in [1.82, 2.24) is 0 Å². The maximum absolute atomic E-state index is 14.1. The van der Waals surface area contributed by atoms with Gasteiger partial charge in [0, 0.05) is 23.4 Å². The normalized spacial score (nSPS) is 21.1. The predicted molar refractivity (Wildman–Crippen MR) is 89.2 cm³/mol. The molecule has 0 heterocycles. The first kappa shape index (κ1) is 20.7. The summed E-state index contributed by atoms with van der Waals surface area (Å²) in [6.45, 7) is 0. The summed E-state index contributed by atoms with van der Waals surface area (Å²) in [5.74, 6) is -0.985. The number of aliphatic hydroxyl groups excluding tert-OH is 2. The molecule has 0 aromatic heterocycles. The van der Waals surface area contributed by atoms with Crippen LogP contribution in [0.2, 0.25) is 0 Å². The molecule has 0 aliphatic heterocycles. The Morgan fingerprint density at radius 1 is 1.15 bits per heavy atom. The first-order chi connectivity index (χ1) is 12.1. The highest BCUT2D eigenvalue weighted by atomic mass is 32.2. The molecule has 0 radical (unpaired) electrons. The highest BCUT2D eigenvalue weighted by molar-refractivity contribution is 7.90. The molecular weight excluding hydrogens is 384 g/mol. The van der Waals surface area contributed by atoms with Gasteiger partial charge in [-0.05, 0) is 24.3 Å². The monoisotopic (exact) mass is 399 g/mol. The summed E-state index contributed by atoms with van der Waals surface area (Å²) in [6.07, 6.45) is -4.92. The van der Waals surface area contributed by atoms with Crippen molar-refractivity contribution in [3.05, 3.63) is 52.8 Å². The van der Waals surface area contributed by atoms with Crippen molar-refractivity contribution < 1.29 is 37.6 Å². The van der Waals surface area contributed by atoms with Crippen LogP contribution in [0.5, 0.6) is 11.5 Å². The van der Waals surface area contributed by atoms with Gasteiger partial charge < -0.3 is 20.4 Å². The van der Waals surface area contributed by atoms with E-state index in [1.165, 1.54) is 12.1 Å². The van der Waals surface area contributed by atoms with Gasteiger partial charge in [0.2, 0.25) is 0 Å². The molecule has 27 heavy (non-hydrogen) atoms. The van der Waals surface area contributed by atoms with Gasteiger partial charge in [-0.3, -0.25) is 0 Å². The van der Waals surface area contributed by atoms with Gasteiger partial charge in [0.25, 0.3) is 0 Å². The van der Waals surface area contributed by atoms with E-state index in [-0.39, 0.29) is 38.6 Å². The number of benzene rings is 2. The first-order valence-electron chi connectivity index (χ1n) is 7.39. The number of rotatable bonds is 3. The highest BCUT2D eigenvalue weighted by Gasteiger charge is 2.44. The summed E-state index contributed by atoms with van der Waals surface area (Å²) in [6, 6.07) is 7.23. The van der Waals surface area contributed by atoms with Crippen LogP contribution < -0.4 is 4.74 Å². The van der Waals surface area contributed by atoms with E-state index in [1.807, 2.05) is 0 Å². The van der Waals surface area contributed by atoms with Crippen LogP contribution in [0.15, 0.2) is 35.2 Å². The van der Waals surface area contributed by atoms with Gasteiger partial charge in [0.05, 0.1) is 16.5 Å². The second-order valence-electron chi connectivity index (χ2n) is 5.88. The van der Waals surface area contributed by atoms with Crippen LogP contribution >= 0.6 is 0 Å². The maximum Gasteiger partial charge on any atom is 0.175 e. The molecule has 0 fully saturated rings. The Morgan fingerprint density at radius 3 is 2.37 bits per heavy atom. The van der Waals surface area contributed by atoms with Crippen molar-refractivity contribution in [3.63, 3.8) is 0 Å². The Bertz CT molecular complexity index is 1030. The largest absolute Gasteiger partial charge is 0.457 e. The number of nitrogens with zero attached hydrogens (tertiary/aromatic N) is 1. The second-order valence-corrected chi connectivity index (χ2v) is 7.87. The minimum atomic E-state index is -3.81. The zero-order chi connectivity index (χ0) is 19.2. The van der Waals surface area contributed by atoms with E-state index in [0.29, 0.717) is 0 Å². The van der Waals surface area contributed by atoms with Crippen molar-refractivity contribution in [1.29, 1.82) is 5.26 Å². The topological polar surface area (TPSA) is 139 Å². The third-order valence-electron chi connectivity index (χ3n) is 4.03. The molecule has 2 aromatic rings. The van der Waals surface area contributed by atoms with Gasteiger partial charge in [0.15, 0.2) is 16.0 Å². The van der Waals surface area contributed by atoms with Crippen LogP contribution in [-0.2, 0) is 9.84 Å². The number of halogens is 2. The summed E-state index contributed by atoms with van der Waals surface area (Å²) in [7, 11) is -3.81. The molecular formula is C17H15F2NO6S. The highest BCUT2D eigenvalue weighted by Crippen LogP contribution is 2.49. The Balaban J connectivity index is 0.00000261. The number of hydrogen-bond donors (Lipinski definition) is 2. The summed E-state index contributed by atoms with van der Waals surface area (Å²) >= 11 is 0. The van der Waals surface area contributed by atoms with E-state index in [4.69, 9.17) is 10.00 Å². The number of nitriles is 1. The lowest BCUT2D eigenvalue weighted by Gasteiger charge is -2.15. The SMILES string of the molecule is CS(=O)(=O)c1ccc(Oc2cc(F)cc(C#N)c2)c2c1[C@H](O)[C@H](F)[C@H]2O.O. The lowest BCUT2D eigenvalue weighted by molar-refractivity contribution is 0.00836. The molecule has 0 saturated heterocycles. The number of ether oxygens (including phenoxy) is 1. The molecule has 0 spiro atoms. The summed E-state index contributed by atoms with van der Waals surface area (Å²) in [5, 5.41) is 29.0. The van der Waals surface area contributed by atoms with Crippen LogP contribution in [0.4, 0.5) is 8.78 Å². The number of fused-ring (bicyclic) bond motifs is 1. The van der Waals surface area contributed by atoms with Gasteiger partial charge in [-0.1, -0.05) is 0 Å². The molecule has 3 atom stereocenters. The van der Waals surface area contributed by atoms with Gasteiger partial charge in [-0.15, -0.1) is 0 Å². The van der Waals surface area contributed by atoms with Crippen LogP contribution in [0.3, 0.4) is 0 Å². The van der Waals surface area contributed by atoms with Crippen LogP contribution in [0, 0.1) is 17.1 Å². The Kier molecular flexibility index (Phi) is 5.53. The predicted octanol–water partition coefficient (Wildman–Crippen LogP) is 1.49. The molecule has 7 nitrogen and oxygen atoms in total. The molecule has 0 bridgehead atoms. The minimum absolute atomic E-state index is 0. The zero-order valence-corrected chi connectivity index (χ0v) is 14.7. The molecule has 0 amide bonds. The number of alkyl halides is 1. The molecule has 4 N–H and O–H groups in total. The van der Waals surface area contributed by atoms with Crippen molar-refractivity contribution in [2.24, 2.45) is 0 Å². The fourth-order valence-corrected chi connectivity index (χ4v) is 3.87. The average molecular weight is 399 g/mol. The van der Waals surface area contributed by atoms with E-state index in [9.17, 15) is 27.4 Å². The standard InChI is InChI=1S/C17H13F2NO5S.H2O/c1-26(23,24)12-3-2-11(13-14(12)17(22)15(19)16(13)21)25-10-5-8(7-20)4-9(18)6-10;/h2-6,15-17,21-22H,1H3;1H2/t15-,16+,17+;/m1./s1. The average Bonchev–Trinajstić information content (AvgIpc) is 2.79. The van der Waals surface area contributed by atoms with Crippen LogP contribution in [0.25, 0.3) is 0 Å². The first-order valence-corrected chi connectivity index (χ1v) is 9.28. The van der Waals surface area contributed by atoms with Gasteiger partial charge in [-0.25, -0.2) is 17.2 Å². The van der Waals surface area contributed by atoms with Crippen molar-refractivity contribution in [2.75, 3.05) is 6.26 Å². The third kappa shape index (κ3) is 3.63. The van der Waals surface area contributed by atoms with Crippen molar-refractivity contribution in [2.45, 2.75) is 23.3 Å². The lowest BCUT2D eigenvalue weighted by Crippen LogP contribution is -2.13. The molecule has 10 heteroatoms. The maximum atomic E-state index is 14.1. The van der Waals surface area contributed by atoms with Gasteiger partial charge >= 0.3 is 0 Å². The third-order valence-corrected chi connectivity index (χ3v) is 5.18. The smallest absolute Gasteiger partial charge is 0.175 e. The van der Waals surface area contributed by atoms with E-state index < -0.39 is 34.0 Å². The van der Waals surface area contributed by atoms with Gasteiger partial charge in [-0.2, -0.15) is 5.26 Å². The van der Waals surface area contributed by atoms with Crippen LogP contribution in [-0.4, -0.2) is 36.5 Å². The Labute approximate surface area is 153 Å². The van der Waals surface area contributed by atoms with Crippen LogP contribution in [0.1, 0.15) is 28.9 Å². The van der Waals surface area contributed by atoms with Crippen molar-refractivity contribution >= 4 is 9.84 Å². The molecule has 2 aromatic carbocycles. The summed E-state index contributed by atoms with van der Waals surface area (Å²) in [4.78, 5) is -0.330. The quantitative estimate of drug-likeness (QED) is 0.801. The van der Waals surface area contributed by atoms with Crippen molar-refractivity contribution in [3.8, 4) is 17.6 Å². The zero-order valence-electron chi connectivity index (χ0n) is 13.8. The number of hydrogen-bond acceptors (Lipinski definition) is 6. The molecule has 1 aliphatic carbocycles. The number of sulfone groups is 1. The fraction of sp³-hybridized carbons (Fsp3) is 0.235. The fourth-order valence-electron chi connectivity index (χ4n) is 2.92. The lowest BCUT2D eigenvalue weighted by atomic mass is 10.1.